The van der Waals surface area contributed by atoms with Crippen LogP contribution < -0.4 is 0 Å². The average molecular weight is 272 g/mol. The molecule has 0 bridgehead atoms. The van der Waals surface area contributed by atoms with Crippen LogP contribution in [0.1, 0.15) is 46.5 Å². The molecule has 1 saturated carbocycles. The lowest BCUT2D eigenvalue weighted by molar-refractivity contribution is -0.152. The largest absolute Gasteiger partial charge is 0.466 e. The summed E-state index contributed by atoms with van der Waals surface area (Å²) in [5.74, 6) is -0.113. The van der Waals surface area contributed by atoms with Crippen molar-refractivity contribution in [3.8, 4) is 0 Å². The van der Waals surface area contributed by atoms with Gasteiger partial charge in [0.2, 0.25) is 0 Å². The first-order valence-corrected chi connectivity index (χ1v) is 6.80. The molecule has 1 atom stereocenters. The Balaban J connectivity index is 2.35. The number of carbonyl (C=O) groups is 2. The van der Waals surface area contributed by atoms with Gasteiger partial charge in [-0.15, -0.1) is 0 Å². The van der Waals surface area contributed by atoms with Crippen LogP contribution in [0.3, 0.4) is 0 Å². The van der Waals surface area contributed by atoms with Gasteiger partial charge in [0, 0.05) is 13.8 Å². The molecule has 1 rings (SSSR count). The quantitative estimate of drug-likeness (QED) is 0.771. The van der Waals surface area contributed by atoms with E-state index in [0.717, 1.165) is 25.7 Å². The number of esters is 2. The third-order valence-electron chi connectivity index (χ3n) is 3.82. The Labute approximate surface area is 114 Å². The zero-order valence-corrected chi connectivity index (χ0v) is 12.0. The van der Waals surface area contributed by atoms with Crippen molar-refractivity contribution in [2.24, 2.45) is 11.8 Å². The highest BCUT2D eigenvalue weighted by atomic mass is 16.5. The van der Waals surface area contributed by atoms with Gasteiger partial charge in [-0.3, -0.25) is 9.59 Å². The lowest BCUT2D eigenvalue weighted by atomic mass is 9.74. The molecule has 0 radical (unpaired) electrons. The monoisotopic (exact) mass is 272 g/mol. The maximum atomic E-state index is 10.8. The van der Waals surface area contributed by atoms with Gasteiger partial charge in [0.25, 0.3) is 0 Å². The van der Waals surface area contributed by atoms with Crippen molar-refractivity contribution >= 4 is 11.9 Å². The second-order valence-corrected chi connectivity index (χ2v) is 5.66. The van der Waals surface area contributed by atoms with Gasteiger partial charge >= 0.3 is 11.9 Å². The molecule has 0 heterocycles. The number of hydrogen-bond donors (Lipinski definition) is 1. The van der Waals surface area contributed by atoms with E-state index in [1.165, 1.54) is 13.8 Å². The summed E-state index contributed by atoms with van der Waals surface area (Å²) >= 11 is 0. The van der Waals surface area contributed by atoms with Crippen molar-refractivity contribution in [1.29, 1.82) is 0 Å². The molecule has 0 saturated heterocycles. The second-order valence-electron chi connectivity index (χ2n) is 5.66. The lowest BCUT2D eigenvalue weighted by Crippen LogP contribution is -2.42. The standard InChI is InChI=1S/C14H24O5/c1-10(15)18-8-12-4-6-13(7-5-12)14(3,17)9-19-11(2)16/h12-13,17H,4-9H2,1-3H3. The van der Waals surface area contributed by atoms with Crippen LogP contribution in [0.25, 0.3) is 0 Å². The van der Waals surface area contributed by atoms with Crippen LogP contribution in [-0.4, -0.2) is 35.9 Å². The Bertz CT molecular complexity index is 316. The first-order chi connectivity index (χ1) is 8.81. The predicted octanol–water partition coefficient (Wildman–Crippen LogP) is 1.67. The maximum Gasteiger partial charge on any atom is 0.302 e. The van der Waals surface area contributed by atoms with E-state index in [4.69, 9.17) is 9.47 Å². The van der Waals surface area contributed by atoms with Crippen LogP contribution >= 0.6 is 0 Å². The van der Waals surface area contributed by atoms with Gasteiger partial charge < -0.3 is 14.6 Å². The molecule has 1 unspecified atom stereocenters. The number of carbonyl (C=O) groups excluding carboxylic acids is 2. The SMILES string of the molecule is CC(=O)OCC1CCC(C(C)(O)COC(C)=O)CC1. The Hall–Kier alpha value is -1.10. The summed E-state index contributed by atoms with van der Waals surface area (Å²) in [6.45, 7) is 4.98. The summed E-state index contributed by atoms with van der Waals surface area (Å²) in [4.78, 5) is 21.5. The molecule has 0 amide bonds. The van der Waals surface area contributed by atoms with E-state index in [1.54, 1.807) is 6.92 Å². The fraction of sp³-hybridized carbons (Fsp3) is 0.857. The highest BCUT2D eigenvalue weighted by Crippen LogP contribution is 2.35. The molecule has 0 aromatic carbocycles. The summed E-state index contributed by atoms with van der Waals surface area (Å²) in [7, 11) is 0. The van der Waals surface area contributed by atoms with E-state index >= 15 is 0 Å². The zero-order chi connectivity index (χ0) is 14.5. The lowest BCUT2D eigenvalue weighted by Gasteiger charge is -2.37. The topological polar surface area (TPSA) is 72.8 Å². The van der Waals surface area contributed by atoms with Crippen molar-refractivity contribution in [3.05, 3.63) is 0 Å². The molecule has 1 fully saturated rings. The van der Waals surface area contributed by atoms with Crippen LogP contribution in [0.4, 0.5) is 0 Å². The average Bonchev–Trinajstić information content (AvgIpc) is 2.34. The first kappa shape index (κ1) is 16.0. The molecular formula is C14H24O5. The molecule has 1 aliphatic rings. The Morgan fingerprint density at radius 2 is 1.63 bits per heavy atom. The Kier molecular flexibility index (Phi) is 5.79. The summed E-state index contributed by atoms with van der Waals surface area (Å²) in [5.41, 5.74) is -0.974. The van der Waals surface area contributed by atoms with Crippen molar-refractivity contribution < 1.29 is 24.2 Å². The van der Waals surface area contributed by atoms with Crippen LogP contribution in [-0.2, 0) is 19.1 Å². The third-order valence-corrected chi connectivity index (χ3v) is 3.82. The molecule has 0 aromatic rings. The number of rotatable bonds is 5. The summed E-state index contributed by atoms with van der Waals surface area (Å²) in [6, 6.07) is 0. The van der Waals surface area contributed by atoms with Gasteiger partial charge in [0.1, 0.15) is 6.61 Å². The molecule has 19 heavy (non-hydrogen) atoms. The Morgan fingerprint density at radius 3 is 2.11 bits per heavy atom. The van der Waals surface area contributed by atoms with Crippen molar-refractivity contribution in [3.63, 3.8) is 0 Å². The smallest absolute Gasteiger partial charge is 0.302 e. The van der Waals surface area contributed by atoms with Gasteiger partial charge in [0.15, 0.2) is 0 Å². The third kappa shape index (κ3) is 5.59. The van der Waals surface area contributed by atoms with Gasteiger partial charge in [0.05, 0.1) is 12.2 Å². The molecular weight excluding hydrogens is 248 g/mol. The predicted molar refractivity (Wildman–Crippen MR) is 69.3 cm³/mol. The van der Waals surface area contributed by atoms with E-state index in [9.17, 15) is 14.7 Å². The molecule has 5 nitrogen and oxygen atoms in total. The number of ether oxygens (including phenoxy) is 2. The van der Waals surface area contributed by atoms with E-state index < -0.39 is 5.60 Å². The van der Waals surface area contributed by atoms with Gasteiger partial charge in [-0.1, -0.05) is 0 Å². The van der Waals surface area contributed by atoms with Crippen LogP contribution in [0.15, 0.2) is 0 Å². The number of aliphatic hydroxyl groups is 1. The maximum absolute atomic E-state index is 10.8. The van der Waals surface area contributed by atoms with E-state index in [-0.39, 0.29) is 24.5 Å². The van der Waals surface area contributed by atoms with Gasteiger partial charge in [-0.05, 0) is 44.4 Å². The van der Waals surface area contributed by atoms with Crippen molar-refractivity contribution in [2.45, 2.75) is 52.1 Å². The van der Waals surface area contributed by atoms with Crippen molar-refractivity contribution in [1.82, 2.24) is 0 Å². The second kappa shape index (κ2) is 6.89. The van der Waals surface area contributed by atoms with Gasteiger partial charge in [-0.25, -0.2) is 0 Å². The molecule has 1 aliphatic carbocycles. The highest BCUT2D eigenvalue weighted by molar-refractivity contribution is 5.66. The highest BCUT2D eigenvalue weighted by Gasteiger charge is 2.36. The normalized spacial score (nSPS) is 26.3. The fourth-order valence-corrected chi connectivity index (χ4v) is 2.55. The minimum absolute atomic E-state index is 0.0433. The first-order valence-electron chi connectivity index (χ1n) is 6.80. The van der Waals surface area contributed by atoms with Crippen molar-refractivity contribution in [2.75, 3.05) is 13.2 Å². The Morgan fingerprint density at radius 1 is 1.11 bits per heavy atom. The molecule has 110 valence electrons. The summed E-state index contributed by atoms with van der Waals surface area (Å²) in [5, 5.41) is 10.3. The summed E-state index contributed by atoms with van der Waals surface area (Å²) < 4.78 is 9.92. The molecule has 5 heteroatoms. The van der Waals surface area contributed by atoms with Crippen LogP contribution in [0, 0.1) is 11.8 Å². The van der Waals surface area contributed by atoms with Crippen LogP contribution in [0.5, 0.6) is 0 Å². The van der Waals surface area contributed by atoms with Gasteiger partial charge in [-0.2, -0.15) is 0 Å². The summed E-state index contributed by atoms with van der Waals surface area (Å²) in [6.07, 6.45) is 3.57. The van der Waals surface area contributed by atoms with E-state index in [1.807, 2.05) is 0 Å². The molecule has 0 aliphatic heterocycles. The fourth-order valence-electron chi connectivity index (χ4n) is 2.55. The zero-order valence-electron chi connectivity index (χ0n) is 12.0. The van der Waals surface area contributed by atoms with E-state index in [2.05, 4.69) is 0 Å². The molecule has 0 aromatic heterocycles. The molecule has 1 N–H and O–H groups in total. The minimum atomic E-state index is -0.974. The minimum Gasteiger partial charge on any atom is -0.466 e. The van der Waals surface area contributed by atoms with Crippen LogP contribution in [0.2, 0.25) is 0 Å². The van der Waals surface area contributed by atoms with E-state index in [0.29, 0.717) is 12.5 Å². The molecule has 0 spiro atoms. The number of hydrogen-bond acceptors (Lipinski definition) is 5.